The van der Waals surface area contributed by atoms with Gasteiger partial charge in [0.15, 0.2) is 0 Å². The zero-order valence-electron chi connectivity index (χ0n) is 12.5. The summed E-state index contributed by atoms with van der Waals surface area (Å²) >= 11 is 0. The molecule has 1 aromatic rings. The smallest absolute Gasteiger partial charge is 0.0555 e. The predicted octanol–water partition coefficient (Wildman–Crippen LogP) is 3.32. The van der Waals surface area contributed by atoms with Crippen molar-refractivity contribution in [1.82, 2.24) is 0 Å². The van der Waals surface area contributed by atoms with Gasteiger partial charge in [0, 0.05) is 16.2 Å². The Labute approximate surface area is 125 Å². The zero-order valence-corrected chi connectivity index (χ0v) is 13.3. The van der Waals surface area contributed by atoms with Crippen LogP contribution in [0.1, 0.15) is 45.1 Å². The molecular weight excluding hydrogens is 266 g/mol. The molecule has 0 radical (unpaired) electrons. The van der Waals surface area contributed by atoms with Crippen LogP contribution in [0.4, 0.5) is 0 Å². The van der Waals surface area contributed by atoms with Crippen LogP contribution in [0.25, 0.3) is 0 Å². The lowest BCUT2D eigenvalue weighted by atomic mass is 10.0. The van der Waals surface area contributed by atoms with Crippen molar-refractivity contribution in [2.75, 3.05) is 12.3 Å². The van der Waals surface area contributed by atoms with Crippen LogP contribution < -0.4 is 5.73 Å². The van der Waals surface area contributed by atoms with Crippen LogP contribution in [0.3, 0.4) is 0 Å². The van der Waals surface area contributed by atoms with E-state index in [1.807, 2.05) is 24.3 Å². The van der Waals surface area contributed by atoms with Crippen molar-refractivity contribution >= 4 is 10.8 Å². The molecule has 0 aliphatic rings. The Bertz CT molecular complexity index is 487. The Hall–Kier alpha value is -1.11. The minimum atomic E-state index is -0.932. The normalized spacial score (nSPS) is 13.3. The topological polar surface area (TPSA) is 43.1 Å². The van der Waals surface area contributed by atoms with Crippen molar-refractivity contribution in [1.29, 1.82) is 0 Å². The van der Waals surface area contributed by atoms with E-state index in [0.717, 1.165) is 22.6 Å². The summed E-state index contributed by atoms with van der Waals surface area (Å²) in [5, 5.41) is 0. The summed E-state index contributed by atoms with van der Waals surface area (Å²) in [5.41, 5.74) is 6.26. The van der Waals surface area contributed by atoms with E-state index in [1.165, 1.54) is 19.3 Å². The third kappa shape index (κ3) is 5.90. The van der Waals surface area contributed by atoms with Gasteiger partial charge >= 0.3 is 0 Å². The lowest BCUT2D eigenvalue weighted by molar-refractivity contribution is 0.494. The summed E-state index contributed by atoms with van der Waals surface area (Å²) in [6.45, 7) is 4.73. The van der Waals surface area contributed by atoms with Crippen LogP contribution in [0.15, 0.2) is 29.2 Å². The molecule has 0 fully saturated rings. The van der Waals surface area contributed by atoms with E-state index < -0.39 is 10.8 Å². The fourth-order valence-corrected chi connectivity index (χ4v) is 3.59. The number of hydrogen-bond acceptors (Lipinski definition) is 2. The maximum Gasteiger partial charge on any atom is 0.0555 e. The summed E-state index contributed by atoms with van der Waals surface area (Å²) in [4.78, 5) is 0.878. The van der Waals surface area contributed by atoms with Crippen molar-refractivity contribution in [2.24, 2.45) is 11.7 Å². The molecule has 2 unspecified atom stereocenters. The highest BCUT2D eigenvalue weighted by atomic mass is 32.2. The first kappa shape index (κ1) is 16.9. The van der Waals surface area contributed by atoms with E-state index in [1.54, 1.807) is 0 Å². The molecule has 0 aliphatic heterocycles. The van der Waals surface area contributed by atoms with Gasteiger partial charge in [-0.2, -0.15) is 0 Å². The van der Waals surface area contributed by atoms with Gasteiger partial charge in [-0.3, -0.25) is 4.21 Å². The van der Waals surface area contributed by atoms with Gasteiger partial charge in [-0.25, -0.2) is 0 Å². The summed E-state index contributed by atoms with van der Waals surface area (Å²) in [6.07, 6.45) is 4.69. The zero-order chi connectivity index (χ0) is 14.8. The van der Waals surface area contributed by atoms with Crippen LogP contribution in [0.2, 0.25) is 0 Å². The first-order valence-electron chi connectivity index (χ1n) is 7.38. The van der Waals surface area contributed by atoms with Gasteiger partial charge in [-0.1, -0.05) is 51.0 Å². The van der Waals surface area contributed by atoms with Crippen molar-refractivity contribution in [3.8, 4) is 11.8 Å². The predicted molar refractivity (Wildman–Crippen MR) is 87.0 cm³/mol. The van der Waals surface area contributed by atoms with Crippen molar-refractivity contribution < 1.29 is 4.21 Å². The van der Waals surface area contributed by atoms with E-state index >= 15 is 0 Å². The highest BCUT2D eigenvalue weighted by molar-refractivity contribution is 7.85. The largest absolute Gasteiger partial charge is 0.320 e. The molecule has 0 saturated heterocycles. The molecule has 0 spiro atoms. The van der Waals surface area contributed by atoms with Gasteiger partial charge in [0.2, 0.25) is 0 Å². The monoisotopic (exact) mass is 291 g/mol. The third-order valence-corrected chi connectivity index (χ3v) is 4.92. The van der Waals surface area contributed by atoms with E-state index in [9.17, 15) is 4.21 Å². The maximum absolute atomic E-state index is 12.4. The van der Waals surface area contributed by atoms with E-state index in [-0.39, 0.29) is 0 Å². The van der Waals surface area contributed by atoms with Crippen LogP contribution in [0, 0.1) is 17.8 Å². The molecule has 0 aliphatic carbocycles. The summed E-state index contributed by atoms with van der Waals surface area (Å²) in [5.74, 6) is 7.13. The summed E-state index contributed by atoms with van der Waals surface area (Å²) in [7, 11) is -0.932. The molecule has 20 heavy (non-hydrogen) atoms. The molecule has 0 bridgehead atoms. The molecule has 2 atom stereocenters. The quantitative estimate of drug-likeness (QED) is 0.783. The highest BCUT2D eigenvalue weighted by Gasteiger charge is 2.12. The first-order chi connectivity index (χ1) is 9.71. The van der Waals surface area contributed by atoms with E-state index in [4.69, 9.17) is 5.73 Å². The molecule has 0 aromatic heterocycles. The molecular formula is C17H25NOS. The number of benzene rings is 1. The minimum Gasteiger partial charge on any atom is -0.320 e. The van der Waals surface area contributed by atoms with Crippen molar-refractivity contribution in [3.05, 3.63) is 29.8 Å². The molecule has 110 valence electrons. The molecule has 1 aromatic carbocycles. The van der Waals surface area contributed by atoms with Crippen LogP contribution in [-0.4, -0.2) is 16.5 Å². The van der Waals surface area contributed by atoms with Gasteiger partial charge in [0.05, 0.1) is 17.3 Å². The second-order valence-electron chi connectivity index (χ2n) is 4.96. The average molecular weight is 291 g/mol. The third-order valence-electron chi connectivity index (χ3n) is 3.36. The summed E-state index contributed by atoms with van der Waals surface area (Å²) < 4.78 is 12.4. The van der Waals surface area contributed by atoms with Crippen LogP contribution in [0.5, 0.6) is 0 Å². The van der Waals surface area contributed by atoms with Gasteiger partial charge < -0.3 is 5.73 Å². The van der Waals surface area contributed by atoms with Crippen molar-refractivity contribution in [2.45, 2.75) is 44.4 Å². The lowest BCUT2D eigenvalue weighted by Crippen LogP contribution is -2.11. The minimum absolute atomic E-state index is 0.349. The highest BCUT2D eigenvalue weighted by Crippen LogP contribution is 2.18. The van der Waals surface area contributed by atoms with Crippen molar-refractivity contribution in [3.63, 3.8) is 0 Å². The SMILES string of the molecule is CCCCC(CC)CS(=O)c1cccc(C#CCN)c1. The maximum atomic E-state index is 12.4. The van der Waals surface area contributed by atoms with Crippen LogP contribution in [-0.2, 0) is 10.8 Å². The van der Waals surface area contributed by atoms with E-state index in [2.05, 4.69) is 25.7 Å². The lowest BCUT2D eigenvalue weighted by Gasteiger charge is -2.13. The fourth-order valence-electron chi connectivity index (χ4n) is 2.08. The Morgan fingerprint density at radius 3 is 2.80 bits per heavy atom. The van der Waals surface area contributed by atoms with Gasteiger partial charge in [0.25, 0.3) is 0 Å². The number of unbranched alkanes of at least 4 members (excludes halogenated alkanes) is 1. The molecule has 3 heteroatoms. The Morgan fingerprint density at radius 2 is 2.15 bits per heavy atom. The number of nitrogens with two attached hydrogens (primary N) is 1. The Morgan fingerprint density at radius 1 is 1.35 bits per heavy atom. The standard InChI is InChI=1S/C17H25NOS/c1-3-5-8-15(4-2)14-20(19)17-11-6-9-16(13-17)10-7-12-18/h6,9,11,13,15H,3-5,8,12,14,18H2,1-2H3. The van der Waals surface area contributed by atoms with E-state index in [0.29, 0.717) is 12.5 Å². The first-order valence-corrected chi connectivity index (χ1v) is 8.70. The van der Waals surface area contributed by atoms with Crippen LogP contribution >= 0.6 is 0 Å². The molecule has 2 N–H and O–H groups in total. The second kappa shape index (κ2) is 9.74. The average Bonchev–Trinajstić information content (AvgIpc) is 2.49. The molecule has 0 saturated carbocycles. The number of hydrogen-bond donors (Lipinski definition) is 1. The molecule has 1 rings (SSSR count). The summed E-state index contributed by atoms with van der Waals surface area (Å²) in [6, 6.07) is 7.69. The fraction of sp³-hybridized carbons (Fsp3) is 0.529. The molecule has 0 heterocycles. The van der Waals surface area contributed by atoms with Gasteiger partial charge in [-0.05, 0) is 30.5 Å². The number of rotatable bonds is 7. The van der Waals surface area contributed by atoms with Gasteiger partial charge in [0.1, 0.15) is 0 Å². The second-order valence-corrected chi connectivity index (χ2v) is 6.46. The molecule has 0 amide bonds. The van der Waals surface area contributed by atoms with Gasteiger partial charge in [-0.15, -0.1) is 0 Å². The Balaban J connectivity index is 2.71. The molecule has 2 nitrogen and oxygen atoms in total. The Kier molecular flexibility index (Phi) is 8.25.